The van der Waals surface area contributed by atoms with E-state index in [0.717, 1.165) is 12.8 Å². The van der Waals surface area contributed by atoms with E-state index in [1.165, 1.54) is 18.3 Å². The molecule has 1 saturated heterocycles. The molecular formula is C27H24FN7O2. The van der Waals surface area contributed by atoms with Gasteiger partial charge in [-0.2, -0.15) is 0 Å². The first-order valence-corrected chi connectivity index (χ1v) is 11.9. The highest BCUT2D eigenvalue weighted by Crippen LogP contribution is 2.36. The second-order valence-electron chi connectivity index (χ2n) is 8.60. The van der Waals surface area contributed by atoms with Gasteiger partial charge in [-0.1, -0.05) is 18.1 Å². The number of nitrogens with zero attached hydrogens (tertiary/aromatic N) is 5. The van der Waals surface area contributed by atoms with Crippen molar-refractivity contribution in [3.05, 3.63) is 72.2 Å². The van der Waals surface area contributed by atoms with Crippen molar-refractivity contribution in [1.29, 1.82) is 0 Å². The molecule has 1 aromatic carbocycles. The third-order valence-electron chi connectivity index (χ3n) is 6.30. The number of fused-ring (bicyclic) bond motifs is 1. The van der Waals surface area contributed by atoms with Crippen LogP contribution in [0.1, 0.15) is 48.4 Å². The number of imidazole rings is 1. The zero-order valence-corrected chi connectivity index (χ0v) is 20.1. The van der Waals surface area contributed by atoms with Crippen molar-refractivity contribution >= 4 is 29.0 Å². The molecule has 2 amide bonds. The molecule has 1 aliphatic heterocycles. The number of nitrogens with one attached hydrogen (secondary N) is 1. The summed E-state index contributed by atoms with van der Waals surface area (Å²) in [7, 11) is 0. The van der Waals surface area contributed by atoms with Crippen LogP contribution in [0.3, 0.4) is 0 Å². The predicted octanol–water partition coefficient (Wildman–Crippen LogP) is 3.84. The summed E-state index contributed by atoms with van der Waals surface area (Å²) in [6.45, 7) is 2.19. The predicted molar refractivity (Wildman–Crippen MR) is 137 cm³/mol. The van der Waals surface area contributed by atoms with E-state index in [1.54, 1.807) is 52.9 Å². The molecule has 0 unspecified atom stereocenters. The minimum atomic E-state index is -0.719. The quantitative estimate of drug-likeness (QED) is 0.414. The molecule has 186 valence electrons. The molecule has 0 aliphatic carbocycles. The van der Waals surface area contributed by atoms with Gasteiger partial charge in [0, 0.05) is 30.7 Å². The van der Waals surface area contributed by atoms with Crippen LogP contribution < -0.4 is 11.1 Å². The lowest BCUT2D eigenvalue weighted by atomic mass is 10.0. The first-order valence-electron chi connectivity index (χ1n) is 11.9. The molecule has 1 atom stereocenters. The van der Waals surface area contributed by atoms with Gasteiger partial charge >= 0.3 is 0 Å². The largest absolute Gasteiger partial charge is 0.382 e. The van der Waals surface area contributed by atoms with Gasteiger partial charge in [-0.15, -0.1) is 0 Å². The fourth-order valence-electron chi connectivity index (χ4n) is 4.61. The summed E-state index contributed by atoms with van der Waals surface area (Å²) in [6.07, 6.45) is 7.33. The van der Waals surface area contributed by atoms with Crippen LogP contribution in [-0.2, 0) is 4.79 Å². The van der Waals surface area contributed by atoms with Crippen molar-refractivity contribution in [2.45, 2.75) is 32.2 Å². The fourth-order valence-corrected chi connectivity index (χ4v) is 4.61. The number of anilines is 2. The highest BCUT2D eigenvalue weighted by molar-refractivity contribution is 6.04. The molecule has 10 heteroatoms. The normalized spacial score (nSPS) is 15.2. The van der Waals surface area contributed by atoms with Crippen molar-refractivity contribution in [3.8, 4) is 23.1 Å². The molecule has 3 aromatic heterocycles. The average Bonchev–Trinajstić information content (AvgIpc) is 3.30. The van der Waals surface area contributed by atoms with E-state index in [-0.39, 0.29) is 23.3 Å². The molecule has 0 bridgehead atoms. The number of likely N-dealkylation sites (tertiary alicyclic amines) is 1. The third-order valence-corrected chi connectivity index (χ3v) is 6.30. The van der Waals surface area contributed by atoms with Crippen LogP contribution in [0.5, 0.6) is 0 Å². The lowest BCUT2D eigenvalue weighted by molar-refractivity contribution is -0.129. The third kappa shape index (κ3) is 4.59. The van der Waals surface area contributed by atoms with Gasteiger partial charge in [-0.05, 0) is 56.4 Å². The van der Waals surface area contributed by atoms with Crippen molar-refractivity contribution in [2.75, 3.05) is 17.6 Å². The number of rotatable bonds is 4. The SMILES string of the molecule is CC#CC(=O)N1CCCC[C@H]1c1nc(-c2ccc(C(=O)Nc3ccccn3)c(F)c2)c2c(N)nccn12. The molecule has 37 heavy (non-hydrogen) atoms. The Balaban J connectivity index is 1.55. The van der Waals surface area contributed by atoms with Gasteiger partial charge in [0.1, 0.15) is 34.5 Å². The van der Waals surface area contributed by atoms with Crippen LogP contribution in [0.25, 0.3) is 16.8 Å². The minimum Gasteiger partial charge on any atom is -0.382 e. The van der Waals surface area contributed by atoms with E-state index in [9.17, 15) is 9.59 Å². The van der Waals surface area contributed by atoms with Crippen LogP contribution in [-0.4, -0.2) is 42.6 Å². The molecule has 5 rings (SSSR count). The second-order valence-corrected chi connectivity index (χ2v) is 8.60. The second kappa shape index (κ2) is 10.1. The smallest absolute Gasteiger partial charge is 0.299 e. The average molecular weight is 498 g/mol. The topological polar surface area (TPSA) is 119 Å². The summed E-state index contributed by atoms with van der Waals surface area (Å²) in [6, 6.07) is 8.99. The summed E-state index contributed by atoms with van der Waals surface area (Å²) in [4.78, 5) is 40.2. The Labute approximate surface area is 212 Å². The molecule has 9 nitrogen and oxygen atoms in total. The van der Waals surface area contributed by atoms with Crippen LogP contribution in [0.2, 0.25) is 0 Å². The lowest BCUT2D eigenvalue weighted by Gasteiger charge is -2.33. The number of halogens is 1. The summed E-state index contributed by atoms with van der Waals surface area (Å²) >= 11 is 0. The summed E-state index contributed by atoms with van der Waals surface area (Å²) < 4.78 is 17.0. The highest BCUT2D eigenvalue weighted by Gasteiger charge is 2.32. The Bertz CT molecular complexity index is 1560. The summed E-state index contributed by atoms with van der Waals surface area (Å²) in [5.74, 6) is 4.84. The molecule has 3 N–H and O–H groups in total. The Kier molecular flexibility index (Phi) is 6.51. The van der Waals surface area contributed by atoms with E-state index in [0.29, 0.717) is 41.4 Å². The van der Waals surface area contributed by atoms with Gasteiger partial charge < -0.3 is 16.0 Å². The van der Waals surface area contributed by atoms with E-state index < -0.39 is 11.7 Å². The van der Waals surface area contributed by atoms with Crippen LogP contribution >= 0.6 is 0 Å². The lowest BCUT2D eigenvalue weighted by Crippen LogP contribution is -2.38. The number of aromatic nitrogens is 4. The van der Waals surface area contributed by atoms with Crippen LogP contribution in [0, 0.1) is 17.7 Å². The van der Waals surface area contributed by atoms with Crippen molar-refractivity contribution < 1.29 is 14.0 Å². The Morgan fingerprint density at radius 1 is 1.16 bits per heavy atom. The summed E-state index contributed by atoms with van der Waals surface area (Å²) in [5.41, 5.74) is 7.45. The molecule has 0 saturated carbocycles. The number of hydrogen-bond donors (Lipinski definition) is 2. The number of amides is 2. The number of nitrogen functional groups attached to an aromatic ring is 1. The van der Waals surface area contributed by atoms with Gasteiger partial charge in [0.2, 0.25) is 0 Å². The Hall–Kier alpha value is -4.78. The van der Waals surface area contributed by atoms with E-state index >= 15 is 4.39 Å². The molecule has 0 spiro atoms. The van der Waals surface area contributed by atoms with E-state index in [4.69, 9.17) is 10.7 Å². The Morgan fingerprint density at radius 2 is 2.03 bits per heavy atom. The Morgan fingerprint density at radius 3 is 2.78 bits per heavy atom. The van der Waals surface area contributed by atoms with E-state index in [2.05, 4.69) is 27.1 Å². The molecule has 4 heterocycles. The number of carbonyl (C=O) groups is 2. The molecular weight excluding hydrogens is 473 g/mol. The number of carbonyl (C=O) groups excluding carboxylic acids is 2. The maximum absolute atomic E-state index is 15.2. The fraction of sp³-hybridized carbons (Fsp3) is 0.222. The van der Waals surface area contributed by atoms with Gasteiger partial charge in [0.05, 0.1) is 11.6 Å². The summed E-state index contributed by atoms with van der Waals surface area (Å²) in [5, 5.41) is 2.58. The monoisotopic (exact) mass is 497 g/mol. The number of pyridine rings is 1. The van der Waals surface area contributed by atoms with Gasteiger partial charge in [0.15, 0.2) is 0 Å². The maximum atomic E-state index is 15.2. The number of piperidine rings is 1. The van der Waals surface area contributed by atoms with Crippen molar-refractivity contribution in [2.24, 2.45) is 0 Å². The zero-order chi connectivity index (χ0) is 25.9. The van der Waals surface area contributed by atoms with Gasteiger partial charge in [-0.25, -0.2) is 19.3 Å². The van der Waals surface area contributed by atoms with Crippen LogP contribution in [0.15, 0.2) is 55.0 Å². The zero-order valence-electron chi connectivity index (χ0n) is 20.1. The van der Waals surface area contributed by atoms with E-state index in [1.807, 2.05) is 0 Å². The molecule has 1 aliphatic rings. The molecule has 0 radical (unpaired) electrons. The molecule has 1 fully saturated rings. The minimum absolute atomic E-state index is 0.133. The number of hydrogen-bond acceptors (Lipinski definition) is 6. The first-order chi connectivity index (χ1) is 18.0. The van der Waals surface area contributed by atoms with Gasteiger partial charge in [0.25, 0.3) is 11.8 Å². The standard InChI is InChI=1S/C27H24FN7O2/c1-2-7-22(36)34-14-6-4-8-20(34)26-33-23(24-25(29)31-13-15-35(24)26)17-10-11-18(19(28)16-17)27(37)32-21-9-3-5-12-30-21/h3,5,9-13,15-16,20H,4,6,8,14H2,1H3,(H2,29,31)(H,30,32,37)/t20-/m0/s1. The van der Waals surface area contributed by atoms with Crippen molar-refractivity contribution in [1.82, 2.24) is 24.3 Å². The van der Waals surface area contributed by atoms with Crippen molar-refractivity contribution in [3.63, 3.8) is 0 Å². The van der Waals surface area contributed by atoms with Gasteiger partial charge in [-0.3, -0.25) is 14.0 Å². The number of nitrogens with two attached hydrogens (primary N) is 1. The number of benzene rings is 1. The maximum Gasteiger partial charge on any atom is 0.299 e. The molecule has 4 aromatic rings. The first kappa shape index (κ1) is 23.9. The van der Waals surface area contributed by atoms with Crippen LogP contribution in [0.4, 0.5) is 16.0 Å². The highest BCUT2D eigenvalue weighted by atomic mass is 19.1.